The minimum absolute atomic E-state index is 0.00958. The maximum absolute atomic E-state index is 2.42. The zero-order valence-electron chi connectivity index (χ0n) is 29.7. The van der Waals surface area contributed by atoms with Gasteiger partial charge < -0.3 is 4.90 Å². The molecule has 9 rings (SSSR count). The fourth-order valence-corrected chi connectivity index (χ4v) is 8.27. The smallest absolute Gasteiger partial charge is 0.0462 e. The molecule has 1 heteroatoms. The van der Waals surface area contributed by atoms with Crippen LogP contribution in [0.5, 0.6) is 0 Å². The Kier molecular flexibility index (Phi) is 7.22. The highest BCUT2D eigenvalue weighted by Gasteiger charge is 2.31. The molecule has 0 N–H and O–H groups in total. The second-order valence-electron chi connectivity index (χ2n) is 15.2. The number of fused-ring (bicyclic) bond motifs is 3. The zero-order valence-corrected chi connectivity index (χ0v) is 29.7. The van der Waals surface area contributed by atoms with Gasteiger partial charge in [0, 0.05) is 27.9 Å². The van der Waals surface area contributed by atoms with Crippen molar-refractivity contribution in [2.75, 3.05) is 4.90 Å². The predicted molar refractivity (Wildman–Crippen MR) is 217 cm³/mol. The standard InChI is InChI=1S/C50H41N/c1-49(2)32-45(43-13-7-9-15-47(43)49)36-21-27-41(28-22-36)51(40-25-19-35(20-26-40)39-18-17-34-11-5-6-12-38(34)31-39)42-29-23-37(24-30-42)46-33-50(3,4)48-16-10-8-14-44(46)48/h5-33H,1-4H3. The van der Waals surface area contributed by atoms with Crippen LogP contribution in [0.1, 0.15) is 61.1 Å². The van der Waals surface area contributed by atoms with E-state index in [1.165, 1.54) is 66.4 Å². The van der Waals surface area contributed by atoms with Gasteiger partial charge in [-0.15, -0.1) is 0 Å². The van der Waals surface area contributed by atoms with Crippen molar-refractivity contribution in [1.29, 1.82) is 0 Å². The fourth-order valence-electron chi connectivity index (χ4n) is 8.27. The van der Waals surface area contributed by atoms with Crippen molar-refractivity contribution in [2.24, 2.45) is 0 Å². The lowest BCUT2D eigenvalue weighted by atomic mass is 9.87. The normalized spacial score (nSPS) is 15.2. The molecule has 7 aromatic rings. The van der Waals surface area contributed by atoms with Crippen LogP contribution >= 0.6 is 0 Å². The van der Waals surface area contributed by atoms with E-state index < -0.39 is 0 Å². The van der Waals surface area contributed by atoms with Gasteiger partial charge in [0.2, 0.25) is 0 Å². The first-order valence-corrected chi connectivity index (χ1v) is 18.0. The Morgan fingerprint density at radius 1 is 0.353 bits per heavy atom. The van der Waals surface area contributed by atoms with E-state index in [2.05, 4.69) is 209 Å². The topological polar surface area (TPSA) is 3.24 Å². The van der Waals surface area contributed by atoms with E-state index >= 15 is 0 Å². The van der Waals surface area contributed by atoms with Gasteiger partial charge in [0.25, 0.3) is 0 Å². The van der Waals surface area contributed by atoms with Crippen molar-refractivity contribution in [3.63, 3.8) is 0 Å². The highest BCUT2D eigenvalue weighted by Crippen LogP contribution is 2.46. The van der Waals surface area contributed by atoms with Gasteiger partial charge in [0.05, 0.1) is 0 Å². The molecular weight excluding hydrogens is 615 g/mol. The Balaban J connectivity index is 1.10. The fraction of sp³-hybridized carbons (Fsp3) is 0.120. The molecule has 0 aliphatic heterocycles. The van der Waals surface area contributed by atoms with E-state index in [4.69, 9.17) is 0 Å². The van der Waals surface area contributed by atoms with Gasteiger partial charge in [-0.05, 0) is 109 Å². The van der Waals surface area contributed by atoms with E-state index in [0.29, 0.717) is 0 Å². The minimum atomic E-state index is 0.00958. The number of rotatable bonds is 6. The number of allylic oxidation sites excluding steroid dienone is 2. The van der Waals surface area contributed by atoms with Crippen molar-refractivity contribution in [3.05, 3.63) is 209 Å². The molecule has 0 spiro atoms. The molecule has 2 aliphatic carbocycles. The molecular formula is C50H41N. The number of anilines is 3. The Bertz CT molecular complexity index is 2370. The third kappa shape index (κ3) is 5.41. The summed E-state index contributed by atoms with van der Waals surface area (Å²) < 4.78 is 0. The third-order valence-corrected chi connectivity index (χ3v) is 10.9. The molecule has 0 fully saturated rings. The summed E-state index contributed by atoms with van der Waals surface area (Å²) in [6.07, 6.45) is 4.84. The first-order valence-electron chi connectivity index (χ1n) is 18.0. The molecule has 0 amide bonds. The van der Waals surface area contributed by atoms with Crippen LogP contribution in [0.3, 0.4) is 0 Å². The molecule has 0 bridgehead atoms. The quantitative estimate of drug-likeness (QED) is 0.172. The largest absolute Gasteiger partial charge is 0.311 e. The second kappa shape index (κ2) is 11.9. The molecule has 0 radical (unpaired) electrons. The molecule has 0 saturated carbocycles. The van der Waals surface area contributed by atoms with E-state index in [0.717, 1.165) is 17.1 Å². The molecule has 0 aromatic heterocycles. The zero-order chi connectivity index (χ0) is 34.7. The maximum atomic E-state index is 2.42. The first-order chi connectivity index (χ1) is 24.7. The molecule has 2 aliphatic rings. The van der Waals surface area contributed by atoms with Gasteiger partial charge in [-0.3, -0.25) is 0 Å². The second-order valence-corrected chi connectivity index (χ2v) is 15.2. The molecule has 246 valence electrons. The lowest BCUT2D eigenvalue weighted by molar-refractivity contribution is 0.683. The minimum Gasteiger partial charge on any atom is -0.311 e. The predicted octanol–water partition coefficient (Wildman–Crippen LogP) is 13.4. The highest BCUT2D eigenvalue weighted by molar-refractivity contribution is 5.91. The molecule has 1 nitrogen and oxygen atoms in total. The van der Waals surface area contributed by atoms with Crippen LogP contribution in [0, 0.1) is 0 Å². The number of benzene rings is 7. The summed E-state index contributed by atoms with van der Waals surface area (Å²) in [6.45, 7) is 9.23. The van der Waals surface area contributed by atoms with Crippen molar-refractivity contribution in [3.8, 4) is 11.1 Å². The highest BCUT2D eigenvalue weighted by atomic mass is 15.1. The van der Waals surface area contributed by atoms with Gasteiger partial charge in [0.15, 0.2) is 0 Å². The Labute approximate surface area is 301 Å². The molecule has 51 heavy (non-hydrogen) atoms. The molecule has 0 saturated heterocycles. The summed E-state index contributed by atoms with van der Waals surface area (Å²) in [7, 11) is 0. The monoisotopic (exact) mass is 655 g/mol. The van der Waals surface area contributed by atoms with Gasteiger partial charge in [-0.2, -0.15) is 0 Å². The average Bonchev–Trinajstić information content (AvgIpc) is 3.61. The van der Waals surface area contributed by atoms with Gasteiger partial charge in [0.1, 0.15) is 0 Å². The summed E-state index contributed by atoms with van der Waals surface area (Å²) >= 11 is 0. The van der Waals surface area contributed by atoms with E-state index in [9.17, 15) is 0 Å². The maximum Gasteiger partial charge on any atom is 0.0462 e. The third-order valence-electron chi connectivity index (χ3n) is 10.9. The molecule has 0 heterocycles. The first kappa shape index (κ1) is 31.1. The number of hydrogen-bond acceptors (Lipinski definition) is 1. The van der Waals surface area contributed by atoms with Gasteiger partial charge >= 0.3 is 0 Å². The molecule has 0 unspecified atom stereocenters. The van der Waals surface area contributed by atoms with Crippen molar-refractivity contribution >= 4 is 39.0 Å². The SMILES string of the molecule is CC1(C)C=C(c2ccc(N(c3ccc(C4=CC(C)(C)c5ccccc54)cc3)c3ccc(-c4ccc5ccccc5c4)cc3)cc2)c2ccccc21. The van der Waals surface area contributed by atoms with Gasteiger partial charge in [-0.25, -0.2) is 0 Å². The summed E-state index contributed by atoms with van der Waals surface area (Å²) in [5, 5.41) is 2.52. The summed E-state index contributed by atoms with van der Waals surface area (Å²) in [5.74, 6) is 0. The molecule has 7 aromatic carbocycles. The van der Waals surface area contributed by atoms with Crippen molar-refractivity contribution in [2.45, 2.75) is 38.5 Å². The molecule has 0 atom stereocenters. The number of nitrogens with zero attached hydrogens (tertiary/aromatic N) is 1. The Hall–Kier alpha value is -5.92. The average molecular weight is 656 g/mol. The summed E-state index contributed by atoms with van der Waals surface area (Å²) in [5.41, 5.74) is 16.4. The van der Waals surface area contributed by atoms with Crippen LogP contribution in [0.4, 0.5) is 17.1 Å². The summed E-state index contributed by atoms with van der Waals surface area (Å²) in [4.78, 5) is 2.37. The van der Waals surface area contributed by atoms with Crippen molar-refractivity contribution < 1.29 is 0 Å². The van der Waals surface area contributed by atoms with Crippen molar-refractivity contribution in [1.82, 2.24) is 0 Å². The Morgan fingerprint density at radius 2 is 0.745 bits per heavy atom. The van der Waals surface area contributed by atoms with E-state index in [1.54, 1.807) is 0 Å². The van der Waals surface area contributed by atoms with Crippen LogP contribution in [0.25, 0.3) is 33.0 Å². The van der Waals surface area contributed by atoms with Crippen LogP contribution < -0.4 is 4.90 Å². The lowest BCUT2D eigenvalue weighted by Crippen LogP contribution is -2.10. The van der Waals surface area contributed by atoms with Crippen LogP contribution in [0.15, 0.2) is 176 Å². The Morgan fingerprint density at radius 3 is 1.24 bits per heavy atom. The van der Waals surface area contributed by atoms with E-state index in [-0.39, 0.29) is 10.8 Å². The summed E-state index contributed by atoms with van der Waals surface area (Å²) in [6, 6.07) is 60.2. The van der Waals surface area contributed by atoms with Gasteiger partial charge in [-0.1, -0.05) is 161 Å². The van der Waals surface area contributed by atoms with Crippen LogP contribution in [0.2, 0.25) is 0 Å². The van der Waals surface area contributed by atoms with Crippen LogP contribution in [-0.4, -0.2) is 0 Å². The lowest BCUT2D eigenvalue weighted by Gasteiger charge is -2.26. The number of hydrogen-bond donors (Lipinski definition) is 0. The van der Waals surface area contributed by atoms with Crippen LogP contribution in [-0.2, 0) is 10.8 Å². The van der Waals surface area contributed by atoms with E-state index in [1.807, 2.05) is 0 Å².